The van der Waals surface area contributed by atoms with E-state index in [1.165, 1.54) is 23.3 Å². The minimum absolute atomic E-state index is 0.173. The van der Waals surface area contributed by atoms with Gasteiger partial charge < -0.3 is 15.2 Å². The molecule has 0 aromatic heterocycles. The number of ether oxygens (including phenoxy) is 1. The molecule has 0 saturated carbocycles. The third kappa shape index (κ3) is 5.53. The van der Waals surface area contributed by atoms with Crippen molar-refractivity contribution in [3.63, 3.8) is 0 Å². The van der Waals surface area contributed by atoms with Crippen LogP contribution in [0.5, 0.6) is 5.75 Å². The molecule has 0 saturated heterocycles. The van der Waals surface area contributed by atoms with Crippen LogP contribution in [0, 0.1) is 12.7 Å². The third-order valence-electron chi connectivity index (χ3n) is 3.05. The molecule has 112 valence electrons. The molecule has 2 rings (SSSR count). The van der Waals surface area contributed by atoms with Crippen molar-refractivity contribution in [1.29, 1.82) is 0 Å². The van der Waals surface area contributed by atoms with Crippen molar-refractivity contribution >= 4 is 0 Å². The fraction of sp³-hybridized carbons (Fsp3) is 0.294. The van der Waals surface area contributed by atoms with Crippen LogP contribution in [0.15, 0.2) is 48.5 Å². The third-order valence-corrected chi connectivity index (χ3v) is 3.05. The largest absolute Gasteiger partial charge is 0.491 e. The molecule has 0 aliphatic rings. The van der Waals surface area contributed by atoms with Gasteiger partial charge in [0.15, 0.2) is 0 Å². The van der Waals surface area contributed by atoms with Crippen LogP contribution in [-0.4, -0.2) is 24.4 Å². The van der Waals surface area contributed by atoms with Crippen molar-refractivity contribution < 1.29 is 14.2 Å². The molecular formula is C17H20FNO2. The number of benzene rings is 2. The Morgan fingerprint density at radius 3 is 2.67 bits per heavy atom. The number of aliphatic hydroxyl groups excluding tert-OH is 1. The molecule has 3 nitrogen and oxygen atoms in total. The van der Waals surface area contributed by atoms with Gasteiger partial charge in [0, 0.05) is 13.1 Å². The molecule has 0 heterocycles. The summed E-state index contributed by atoms with van der Waals surface area (Å²) >= 11 is 0. The van der Waals surface area contributed by atoms with Crippen LogP contribution in [0.3, 0.4) is 0 Å². The van der Waals surface area contributed by atoms with Gasteiger partial charge in [0.2, 0.25) is 0 Å². The lowest BCUT2D eigenvalue weighted by Crippen LogP contribution is -2.31. The number of rotatable bonds is 7. The van der Waals surface area contributed by atoms with E-state index < -0.39 is 6.10 Å². The lowest BCUT2D eigenvalue weighted by Gasteiger charge is -2.13. The van der Waals surface area contributed by atoms with Gasteiger partial charge in [-0.05, 0) is 36.8 Å². The van der Waals surface area contributed by atoms with Crippen LogP contribution in [-0.2, 0) is 6.54 Å². The van der Waals surface area contributed by atoms with E-state index in [0.29, 0.717) is 18.8 Å². The second kappa shape index (κ2) is 7.76. The molecule has 4 heteroatoms. The Kier molecular flexibility index (Phi) is 5.72. The highest BCUT2D eigenvalue weighted by atomic mass is 19.1. The van der Waals surface area contributed by atoms with E-state index >= 15 is 0 Å². The van der Waals surface area contributed by atoms with Gasteiger partial charge in [-0.2, -0.15) is 0 Å². The van der Waals surface area contributed by atoms with Gasteiger partial charge in [0.1, 0.15) is 24.3 Å². The highest BCUT2D eigenvalue weighted by Gasteiger charge is 2.05. The normalized spacial score (nSPS) is 12.1. The van der Waals surface area contributed by atoms with Crippen molar-refractivity contribution in [2.75, 3.05) is 13.2 Å². The molecule has 0 amide bonds. The summed E-state index contributed by atoms with van der Waals surface area (Å²) in [4.78, 5) is 0. The first-order valence-corrected chi connectivity index (χ1v) is 6.96. The molecule has 1 unspecified atom stereocenters. The van der Waals surface area contributed by atoms with Crippen molar-refractivity contribution in [3.05, 3.63) is 65.5 Å². The van der Waals surface area contributed by atoms with Crippen molar-refractivity contribution in [1.82, 2.24) is 5.32 Å². The molecule has 0 bridgehead atoms. The summed E-state index contributed by atoms with van der Waals surface area (Å²) in [5, 5.41) is 13.0. The molecule has 0 radical (unpaired) electrons. The summed E-state index contributed by atoms with van der Waals surface area (Å²) in [5.74, 6) is 0.247. The second-order valence-corrected chi connectivity index (χ2v) is 5.04. The zero-order chi connectivity index (χ0) is 15.1. The van der Waals surface area contributed by atoms with E-state index in [1.807, 2.05) is 12.1 Å². The number of nitrogens with one attached hydrogen (secondary N) is 1. The van der Waals surface area contributed by atoms with Gasteiger partial charge >= 0.3 is 0 Å². The Morgan fingerprint density at radius 1 is 1.19 bits per heavy atom. The van der Waals surface area contributed by atoms with Crippen LogP contribution in [0.1, 0.15) is 11.1 Å². The Morgan fingerprint density at radius 2 is 1.95 bits per heavy atom. The lowest BCUT2D eigenvalue weighted by molar-refractivity contribution is 0.106. The maximum atomic E-state index is 12.7. The molecule has 2 N–H and O–H groups in total. The average molecular weight is 289 g/mol. The van der Waals surface area contributed by atoms with Crippen LogP contribution < -0.4 is 10.1 Å². The van der Waals surface area contributed by atoms with E-state index in [9.17, 15) is 9.50 Å². The van der Waals surface area contributed by atoms with Crippen LogP contribution in [0.2, 0.25) is 0 Å². The predicted molar refractivity (Wildman–Crippen MR) is 80.8 cm³/mol. The number of halogens is 1. The second-order valence-electron chi connectivity index (χ2n) is 5.04. The van der Waals surface area contributed by atoms with E-state index in [-0.39, 0.29) is 12.4 Å². The number of hydrogen-bond acceptors (Lipinski definition) is 3. The maximum absolute atomic E-state index is 12.7. The predicted octanol–water partition coefficient (Wildman–Crippen LogP) is 2.66. The molecule has 2 aromatic carbocycles. The van der Waals surface area contributed by atoms with E-state index in [1.54, 1.807) is 12.1 Å². The summed E-state index contributed by atoms with van der Waals surface area (Å²) in [6.45, 7) is 3.37. The Bertz CT molecular complexity index is 557. The molecule has 1 atom stereocenters. The SMILES string of the molecule is Cc1cccc(CNCC(O)COc2ccc(F)cc2)c1. The summed E-state index contributed by atoms with van der Waals surface area (Å²) in [7, 11) is 0. The highest BCUT2D eigenvalue weighted by Crippen LogP contribution is 2.11. The van der Waals surface area contributed by atoms with Gasteiger partial charge in [0.05, 0.1) is 0 Å². The zero-order valence-electron chi connectivity index (χ0n) is 12.1. The molecule has 2 aromatic rings. The van der Waals surface area contributed by atoms with Gasteiger partial charge in [0.25, 0.3) is 0 Å². The average Bonchev–Trinajstić information content (AvgIpc) is 2.47. The lowest BCUT2D eigenvalue weighted by atomic mass is 10.1. The first-order chi connectivity index (χ1) is 10.1. The monoisotopic (exact) mass is 289 g/mol. The Balaban J connectivity index is 1.67. The molecular weight excluding hydrogens is 269 g/mol. The van der Waals surface area contributed by atoms with Gasteiger partial charge in [-0.15, -0.1) is 0 Å². The van der Waals surface area contributed by atoms with Crippen molar-refractivity contribution in [3.8, 4) is 5.75 Å². The Hall–Kier alpha value is -1.91. The first-order valence-electron chi connectivity index (χ1n) is 6.96. The standard InChI is InChI=1S/C17H20FNO2/c1-13-3-2-4-14(9-13)10-19-11-16(20)12-21-17-7-5-15(18)6-8-17/h2-9,16,19-20H,10-12H2,1H3. The van der Waals surface area contributed by atoms with Crippen molar-refractivity contribution in [2.24, 2.45) is 0 Å². The summed E-state index contributed by atoms with van der Waals surface area (Å²) < 4.78 is 18.1. The number of hydrogen-bond donors (Lipinski definition) is 2. The molecule has 21 heavy (non-hydrogen) atoms. The summed E-state index contributed by atoms with van der Waals surface area (Å²) in [5.41, 5.74) is 2.40. The highest BCUT2D eigenvalue weighted by molar-refractivity contribution is 5.22. The minimum Gasteiger partial charge on any atom is -0.491 e. The first kappa shape index (κ1) is 15.5. The Labute approximate surface area is 124 Å². The topological polar surface area (TPSA) is 41.5 Å². The fourth-order valence-electron chi connectivity index (χ4n) is 1.99. The number of aliphatic hydroxyl groups is 1. The summed E-state index contributed by atoms with van der Waals surface area (Å²) in [6.07, 6.45) is -0.611. The van der Waals surface area contributed by atoms with Crippen LogP contribution in [0.4, 0.5) is 4.39 Å². The van der Waals surface area contributed by atoms with Crippen molar-refractivity contribution in [2.45, 2.75) is 19.6 Å². The molecule has 0 aliphatic carbocycles. The molecule has 0 fully saturated rings. The van der Waals surface area contributed by atoms with Gasteiger partial charge in [-0.3, -0.25) is 0 Å². The zero-order valence-corrected chi connectivity index (χ0v) is 12.1. The van der Waals surface area contributed by atoms with E-state index in [0.717, 1.165) is 0 Å². The van der Waals surface area contributed by atoms with Crippen LogP contribution >= 0.6 is 0 Å². The minimum atomic E-state index is -0.611. The smallest absolute Gasteiger partial charge is 0.123 e. The van der Waals surface area contributed by atoms with Gasteiger partial charge in [-0.1, -0.05) is 29.8 Å². The van der Waals surface area contributed by atoms with Gasteiger partial charge in [-0.25, -0.2) is 4.39 Å². The quantitative estimate of drug-likeness (QED) is 0.823. The maximum Gasteiger partial charge on any atom is 0.123 e. The molecule has 0 aliphatic heterocycles. The summed E-state index contributed by atoms with van der Waals surface area (Å²) in [6, 6.07) is 14.0. The number of aryl methyl sites for hydroxylation is 1. The molecule has 0 spiro atoms. The van der Waals surface area contributed by atoms with Crippen LogP contribution in [0.25, 0.3) is 0 Å². The fourth-order valence-corrected chi connectivity index (χ4v) is 1.99. The van der Waals surface area contributed by atoms with E-state index in [4.69, 9.17) is 4.74 Å². The van der Waals surface area contributed by atoms with E-state index in [2.05, 4.69) is 24.4 Å².